The van der Waals surface area contributed by atoms with E-state index in [0.29, 0.717) is 6.04 Å². The largest absolute Gasteiger partial charge is 0.330 e. The van der Waals surface area contributed by atoms with Crippen molar-refractivity contribution >= 4 is 0 Å². The Balaban J connectivity index is 3.99. The van der Waals surface area contributed by atoms with Crippen LogP contribution in [0.4, 0.5) is 0 Å². The minimum Gasteiger partial charge on any atom is -0.330 e. The van der Waals surface area contributed by atoms with Gasteiger partial charge in [-0.3, -0.25) is 0 Å². The van der Waals surface area contributed by atoms with Gasteiger partial charge in [0.1, 0.15) is 0 Å². The van der Waals surface area contributed by atoms with Crippen LogP contribution in [0, 0.1) is 5.41 Å². The van der Waals surface area contributed by atoms with Gasteiger partial charge in [0, 0.05) is 12.6 Å². The van der Waals surface area contributed by atoms with Crippen molar-refractivity contribution in [3.63, 3.8) is 0 Å². The molecule has 104 valence electrons. The van der Waals surface area contributed by atoms with Crippen LogP contribution in [0.15, 0.2) is 0 Å². The number of unbranched alkanes of at least 4 members (excludes halogenated alkanes) is 3. The van der Waals surface area contributed by atoms with E-state index in [1.807, 2.05) is 0 Å². The Morgan fingerprint density at radius 2 is 1.76 bits per heavy atom. The van der Waals surface area contributed by atoms with E-state index in [-0.39, 0.29) is 5.41 Å². The van der Waals surface area contributed by atoms with Crippen molar-refractivity contribution in [3.8, 4) is 0 Å². The van der Waals surface area contributed by atoms with Crippen LogP contribution < -0.4 is 5.73 Å². The minimum atomic E-state index is 0.244. The molecule has 0 aromatic rings. The molecule has 0 aromatic heterocycles. The van der Waals surface area contributed by atoms with Gasteiger partial charge in [0.15, 0.2) is 0 Å². The Hall–Kier alpha value is -0.0800. The van der Waals surface area contributed by atoms with Gasteiger partial charge in [0.2, 0.25) is 0 Å². The first-order chi connectivity index (χ1) is 7.96. The summed E-state index contributed by atoms with van der Waals surface area (Å²) in [6, 6.07) is 0.697. The molecule has 0 aliphatic heterocycles. The Morgan fingerprint density at radius 3 is 2.24 bits per heavy atom. The third-order valence-electron chi connectivity index (χ3n) is 3.69. The fraction of sp³-hybridized carbons (Fsp3) is 1.00. The monoisotopic (exact) mass is 242 g/mol. The Bertz CT molecular complexity index is 178. The molecule has 2 N–H and O–H groups in total. The van der Waals surface area contributed by atoms with E-state index in [0.717, 1.165) is 19.6 Å². The van der Waals surface area contributed by atoms with Crippen LogP contribution in [-0.4, -0.2) is 30.6 Å². The summed E-state index contributed by atoms with van der Waals surface area (Å²) in [5, 5.41) is 0. The van der Waals surface area contributed by atoms with Crippen molar-refractivity contribution in [2.45, 2.75) is 72.8 Å². The maximum absolute atomic E-state index is 5.82. The van der Waals surface area contributed by atoms with Gasteiger partial charge in [-0.25, -0.2) is 0 Å². The van der Waals surface area contributed by atoms with Gasteiger partial charge in [-0.05, 0) is 31.8 Å². The third kappa shape index (κ3) is 7.77. The second-order valence-corrected chi connectivity index (χ2v) is 6.13. The van der Waals surface area contributed by atoms with E-state index in [4.69, 9.17) is 5.73 Å². The zero-order valence-electron chi connectivity index (χ0n) is 12.8. The molecule has 1 atom stereocenters. The van der Waals surface area contributed by atoms with Crippen LogP contribution in [-0.2, 0) is 0 Å². The Kier molecular flexibility index (Phi) is 8.89. The summed E-state index contributed by atoms with van der Waals surface area (Å²) in [6.07, 6.45) is 6.79. The predicted molar refractivity (Wildman–Crippen MR) is 78.3 cm³/mol. The smallest absolute Gasteiger partial charge is 0.00670 e. The summed E-state index contributed by atoms with van der Waals surface area (Å²) in [5.74, 6) is 0. The van der Waals surface area contributed by atoms with E-state index in [2.05, 4.69) is 39.5 Å². The first kappa shape index (κ1) is 16.9. The van der Waals surface area contributed by atoms with Crippen molar-refractivity contribution in [3.05, 3.63) is 0 Å². The van der Waals surface area contributed by atoms with Crippen LogP contribution in [0.25, 0.3) is 0 Å². The molecule has 0 saturated heterocycles. The standard InChI is InChI=1S/C15H34N2/c1-6-8-9-10-11-14(3)17(7-2)13-15(4,5)12-16/h14H,6-13,16H2,1-5H3. The molecule has 0 rings (SSSR count). The van der Waals surface area contributed by atoms with Gasteiger partial charge >= 0.3 is 0 Å². The fourth-order valence-electron chi connectivity index (χ4n) is 2.24. The maximum atomic E-state index is 5.82. The lowest BCUT2D eigenvalue weighted by Crippen LogP contribution is -2.43. The summed E-state index contributed by atoms with van der Waals surface area (Å²) in [5.41, 5.74) is 6.07. The summed E-state index contributed by atoms with van der Waals surface area (Å²) in [6.45, 7) is 14.4. The van der Waals surface area contributed by atoms with Gasteiger partial charge in [-0.1, -0.05) is 53.4 Å². The molecular weight excluding hydrogens is 208 g/mol. The highest BCUT2D eigenvalue weighted by Crippen LogP contribution is 2.18. The van der Waals surface area contributed by atoms with E-state index < -0.39 is 0 Å². The van der Waals surface area contributed by atoms with Gasteiger partial charge in [0.05, 0.1) is 0 Å². The van der Waals surface area contributed by atoms with Gasteiger partial charge < -0.3 is 10.6 Å². The van der Waals surface area contributed by atoms with E-state index in [1.54, 1.807) is 0 Å². The lowest BCUT2D eigenvalue weighted by molar-refractivity contribution is 0.140. The number of nitrogens with zero attached hydrogens (tertiary/aromatic N) is 1. The van der Waals surface area contributed by atoms with Crippen molar-refractivity contribution < 1.29 is 0 Å². The summed E-state index contributed by atoms with van der Waals surface area (Å²) >= 11 is 0. The predicted octanol–water partition coefficient (Wildman–Crippen LogP) is 3.65. The number of hydrogen-bond acceptors (Lipinski definition) is 2. The van der Waals surface area contributed by atoms with E-state index in [9.17, 15) is 0 Å². The van der Waals surface area contributed by atoms with Gasteiger partial charge in [-0.2, -0.15) is 0 Å². The van der Waals surface area contributed by atoms with Crippen molar-refractivity contribution in [2.24, 2.45) is 11.1 Å². The van der Waals surface area contributed by atoms with Crippen LogP contribution in [0.3, 0.4) is 0 Å². The van der Waals surface area contributed by atoms with E-state index in [1.165, 1.54) is 32.1 Å². The molecule has 0 saturated carbocycles. The first-order valence-electron chi connectivity index (χ1n) is 7.41. The summed E-state index contributed by atoms with van der Waals surface area (Å²) in [4.78, 5) is 2.58. The SMILES string of the molecule is CCCCCCC(C)N(CC)CC(C)(C)CN. The summed E-state index contributed by atoms with van der Waals surface area (Å²) < 4.78 is 0. The molecule has 2 heteroatoms. The fourth-order valence-corrected chi connectivity index (χ4v) is 2.24. The van der Waals surface area contributed by atoms with Crippen molar-refractivity contribution in [2.75, 3.05) is 19.6 Å². The normalized spacial score (nSPS) is 14.3. The van der Waals surface area contributed by atoms with Crippen LogP contribution in [0.2, 0.25) is 0 Å². The second-order valence-electron chi connectivity index (χ2n) is 6.13. The molecule has 1 unspecified atom stereocenters. The van der Waals surface area contributed by atoms with Crippen molar-refractivity contribution in [1.82, 2.24) is 4.90 Å². The molecule has 2 nitrogen and oxygen atoms in total. The van der Waals surface area contributed by atoms with Crippen LogP contribution >= 0.6 is 0 Å². The average Bonchev–Trinajstić information content (AvgIpc) is 2.31. The average molecular weight is 242 g/mol. The number of hydrogen-bond donors (Lipinski definition) is 1. The van der Waals surface area contributed by atoms with Gasteiger partial charge in [0.25, 0.3) is 0 Å². The Morgan fingerprint density at radius 1 is 1.12 bits per heavy atom. The zero-order chi connectivity index (χ0) is 13.3. The lowest BCUT2D eigenvalue weighted by Gasteiger charge is -2.35. The molecule has 0 heterocycles. The van der Waals surface area contributed by atoms with E-state index >= 15 is 0 Å². The molecule has 0 aliphatic rings. The topological polar surface area (TPSA) is 29.3 Å². The molecule has 17 heavy (non-hydrogen) atoms. The molecule has 0 fully saturated rings. The number of rotatable bonds is 10. The first-order valence-corrected chi connectivity index (χ1v) is 7.41. The highest BCUT2D eigenvalue weighted by molar-refractivity contribution is 4.77. The molecule has 0 radical (unpaired) electrons. The minimum absolute atomic E-state index is 0.244. The number of nitrogens with two attached hydrogens (primary N) is 1. The summed E-state index contributed by atoms with van der Waals surface area (Å²) in [7, 11) is 0. The van der Waals surface area contributed by atoms with Crippen LogP contribution in [0.1, 0.15) is 66.7 Å². The van der Waals surface area contributed by atoms with Crippen molar-refractivity contribution in [1.29, 1.82) is 0 Å². The Labute approximate surface area is 109 Å². The molecule has 0 bridgehead atoms. The van der Waals surface area contributed by atoms with Gasteiger partial charge in [-0.15, -0.1) is 0 Å². The molecular formula is C15H34N2. The molecule has 0 amide bonds. The lowest BCUT2D eigenvalue weighted by atomic mass is 9.92. The highest BCUT2D eigenvalue weighted by atomic mass is 15.1. The molecule has 0 aromatic carbocycles. The molecule has 0 aliphatic carbocycles. The van der Waals surface area contributed by atoms with Crippen LogP contribution in [0.5, 0.6) is 0 Å². The molecule has 0 spiro atoms. The highest BCUT2D eigenvalue weighted by Gasteiger charge is 2.22. The zero-order valence-corrected chi connectivity index (χ0v) is 12.8. The maximum Gasteiger partial charge on any atom is 0.00670 e. The quantitative estimate of drug-likeness (QED) is 0.593. The third-order valence-corrected chi connectivity index (χ3v) is 3.69. The second kappa shape index (κ2) is 8.93.